The quantitative estimate of drug-likeness (QED) is 0.632. The third kappa shape index (κ3) is 2.97. The molecule has 0 aliphatic carbocycles. The van der Waals surface area contributed by atoms with Gasteiger partial charge < -0.3 is 10.6 Å². The van der Waals surface area contributed by atoms with Crippen LogP contribution in [0.2, 0.25) is 0 Å². The molecule has 1 fully saturated rings. The first-order valence-corrected chi connectivity index (χ1v) is 8.23. The summed E-state index contributed by atoms with van der Waals surface area (Å²) in [4.78, 5) is 38.1. The summed E-state index contributed by atoms with van der Waals surface area (Å²) in [5, 5.41) is 15.6. The van der Waals surface area contributed by atoms with Crippen molar-refractivity contribution in [3.8, 4) is 6.07 Å². The zero-order chi connectivity index (χ0) is 18.7. The number of amides is 4. The van der Waals surface area contributed by atoms with Crippen LogP contribution in [-0.4, -0.2) is 35.8 Å². The lowest BCUT2D eigenvalue weighted by atomic mass is 9.88. The maximum atomic E-state index is 13.0. The van der Waals surface area contributed by atoms with Crippen LogP contribution in [0.1, 0.15) is 18.9 Å². The number of nitrogens with zero attached hydrogens (tertiary/aromatic N) is 2. The number of carbonyl (C=O) groups is 3. The van der Waals surface area contributed by atoms with Crippen molar-refractivity contribution in [2.45, 2.75) is 18.9 Å². The summed E-state index contributed by atoms with van der Waals surface area (Å²) in [5.74, 6) is -0.958. The van der Waals surface area contributed by atoms with Crippen LogP contribution in [0.3, 0.4) is 0 Å². The minimum Gasteiger partial charge on any atom is -0.354 e. The SMILES string of the molecule is C[C@@]1(c2cccc3ccccc23)NC(=O)N(CC(=O)NCCC#N)C1=O. The highest BCUT2D eigenvalue weighted by atomic mass is 16.2. The van der Waals surface area contributed by atoms with E-state index in [1.54, 1.807) is 13.0 Å². The van der Waals surface area contributed by atoms with E-state index in [4.69, 9.17) is 5.26 Å². The minimum absolute atomic E-state index is 0.166. The number of nitriles is 1. The van der Waals surface area contributed by atoms with Crippen molar-refractivity contribution in [1.29, 1.82) is 5.26 Å². The first kappa shape index (κ1) is 17.4. The van der Waals surface area contributed by atoms with Crippen LogP contribution in [0, 0.1) is 11.3 Å². The van der Waals surface area contributed by atoms with E-state index in [0.29, 0.717) is 5.56 Å². The Morgan fingerprint density at radius 3 is 2.73 bits per heavy atom. The van der Waals surface area contributed by atoms with Crippen molar-refractivity contribution in [2.24, 2.45) is 0 Å². The third-order valence-corrected chi connectivity index (χ3v) is 4.46. The molecule has 1 aliphatic heterocycles. The molecule has 3 rings (SSSR count). The fraction of sp³-hybridized carbons (Fsp3) is 0.263. The van der Waals surface area contributed by atoms with Gasteiger partial charge in [-0.3, -0.25) is 14.5 Å². The fourth-order valence-corrected chi connectivity index (χ4v) is 3.14. The van der Waals surface area contributed by atoms with E-state index in [-0.39, 0.29) is 19.5 Å². The van der Waals surface area contributed by atoms with Crippen molar-refractivity contribution in [1.82, 2.24) is 15.5 Å². The number of carbonyl (C=O) groups excluding carboxylic acids is 3. The van der Waals surface area contributed by atoms with Gasteiger partial charge in [0.1, 0.15) is 12.1 Å². The average molecular weight is 350 g/mol. The molecular weight excluding hydrogens is 332 g/mol. The summed E-state index contributed by atoms with van der Waals surface area (Å²) in [6, 6.07) is 14.5. The van der Waals surface area contributed by atoms with Crippen molar-refractivity contribution < 1.29 is 14.4 Å². The van der Waals surface area contributed by atoms with Crippen molar-refractivity contribution in [3.05, 3.63) is 48.0 Å². The molecule has 132 valence electrons. The lowest BCUT2D eigenvalue weighted by Crippen LogP contribution is -2.43. The van der Waals surface area contributed by atoms with Crippen LogP contribution in [0.4, 0.5) is 4.79 Å². The average Bonchev–Trinajstić information content (AvgIpc) is 2.85. The molecule has 0 radical (unpaired) electrons. The minimum atomic E-state index is -1.25. The van der Waals surface area contributed by atoms with Crippen LogP contribution in [-0.2, 0) is 15.1 Å². The number of benzene rings is 2. The molecule has 7 heteroatoms. The standard InChI is InChI=1S/C19H18N4O3/c1-19(15-9-4-7-13-6-2-3-8-14(13)15)17(25)23(18(26)22-19)12-16(24)21-11-5-10-20/h2-4,6-9H,5,11-12H2,1H3,(H,21,24)(H,22,26)/t19-/m0/s1. The van der Waals surface area contributed by atoms with Gasteiger partial charge in [0, 0.05) is 6.54 Å². The summed E-state index contributed by atoms with van der Waals surface area (Å²) in [7, 11) is 0. The van der Waals surface area contributed by atoms with Gasteiger partial charge >= 0.3 is 6.03 Å². The molecule has 0 spiro atoms. The van der Waals surface area contributed by atoms with Crippen LogP contribution < -0.4 is 10.6 Å². The van der Waals surface area contributed by atoms with Gasteiger partial charge in [-0.05, 0) is 23.3 Å². The van der Waals surface area contributed by atoms with Crippen molar-refractivity contribution >= 4 is 28.6 Å². The molecule has 1 atom stereocenters. The molecule has 1 heterocycles. The number of urea groups is 1. The molecule has 1 saturated heterocycles. The molecule has 0 aromatic heterocycles. The topological polar surface area (TPSA) is 102 Å². The lowest BCUT2D eigenvalue weighted by molar-refractivity contribution is -0.134. The second-order valence-corrected chi connectivity index (χ2v) is 6.23. The zero-order valence-electron chi connectivity index (χ0n) is 14.3. The lowest BCUT2D eigenvalue weighted by Gasteiger charge is -2.24. The van der Waals surface area contributed by atoms with Crippen molar-refractivity contribution in [3.63, 3.8) is 0 Å². The smallest absolute Gasteiger partial charge is 0.325 e. The van der Waals surface area contributed by atoms with Gasteiger partial charge in [-0.2, -0.15) is 5.26 Å². The maximum Gasteiger partial charge on any atom is 0.325 e. The van der Waals surface area contributed by atoms with Gasteiger partial charge in [0.15, 0.2) is 0 Å². The Bertz CT molecular complexity index is 929. The number of hydrogen-bond donors (Lipinski definition) is 2. The van der Waals surface area contributed by atoms with Gasteiger partial charge in [0.05, 0.1) is 12.5 Å². The summed E-state index contributed by atoms with van der Waals surface area (Å²) < 4.78 is 0. The number of hydrogen-bond acceptors (Lipinski definition) is 4. The highest BCUT2D eigenvalue weighted by Crippen LogP contribution is 2.33. The van der Waals surface area contributed by atoms with E-state index >= 15 is 0 Å². The fourth-order valence-electron chi connectivity index (χ4n) is 3.14. The van der Waals surface area contributed by atoms with E-state index in [0.717, 1.165) is 15.7 Å². The van der Waals surface area contributed by atoms with E-state index < -0.39 is 23.4 Å². The normalized spacial score (nSPS) is 19.3. The molecule has 2 aromatic rings. The Labute approximate surface area is 150 Å². The molecule has 7 nitrogen and oxygen atoms in total. The first-order valence-electron chi connectivity index (χ1n) is 8.23. The van der Waals surface area contributed by atoms with Gasteiger partial charge in [0.2, 0.25) is 5.91 Å². The Balaban J connectivity index is 1.87. The number of rotatable bonds is 5. The van der Waals surface area contributed by atoms with Crippen molar-refractivity contribution in [2.75, 3.05) is 13.1 Å². The highest BCUT2D eigenvalue weighted by molar-refractivity contribution is 6.10. The van der Waals surface area contributed by atoms with Gasteiger partial charge in [-0.1, -0.05) is 42.5 Å². The molecule has 0 saturated carbocycles. The molecule has 0 unspecified atom stereocenters. The molecule has 26 heavy (non-hydrogen) atoms. The predicted molar refractivity (Wildman–Crippen MR) is 94.8 cm³/mol. The highest BCUT2D eigenvalue weighted by Gasteiger charge is 2.50. The van der Waals surface area contributed by atoms with Gasteiger partial charge in [-0.15, -0.1) is 0 Å². The van der Waals surface area contributed by atoms with Gasteiger partial charge in [0.25, 0.3) is 5.91 Å². The maximum absolute atomic E-state index is 13.0. The summed E-state index contributed by atoms with van der Waals surface area (Å²) in [6.07, 6.45) is 0.166. The van der Waals surface area contributed by atoms with E-state index in [1.807, 2.05) is 42.5 Å². The number of nitrogens with one attached hydrogen (secondary N) is 2. The molecule has 4 amide bonds. The second kappa shape index (κ2) is 6.84. The number of imide groups is 1. The third-order valence-electron chi connectivity index (χ3n) is 4.46. The van der Waals surface area contributed by atoms with Crippen LogP contribution in [0.5, 0.6) is 0 Å². The monoisotopic (exact) mass is 350 g/mol. The number of fused-ring (bicyclic) bond motifs is 1. The molecule has 1 aliphatic rings. The largest absolute Gasteiger partial charge is 0.354 e. The second-order valence-electron chi connectivity index (χ2n) is 6.23. The Morgan fingerprint density at radius 2 is 1.96 bits per heavy atom. The molecule has 0 bridgehead atoms. The zero-order valence-corrected chi connectivity index (χ0v) is 14.3. The summed E-state index contributed by atoms with van der Waals surface area (Å²) in [6.45, 7) is 1.44. The Kier molecular flexibility index (Phi) is 4.59. The van der Waals surface area contributed by atoms with Crippen LogP contribution in [0.15, 0.2) is 42.5 Å². The Morgan fingerprint density at radius 1 is 1.23 bits per heavy atom. The Hall–Kier alpha value is -3.40. The first-order chi connectivity index (χ1) is 12.5. The van der Waals surface area contributed by atoms with Crippen LogP contribution in [0.25, 0.3) is 10.8 Å². The van der Waals surface area contributed by atoms with E-state index in [2.05, 4.69) is 10.6 Å². The van der Waals surface area contributed by atoms with Gasteiger partial charge in [-0.25, -0.2) is 4.79 Å². The predicted octanol–water partition coefficient (Wildman–Crippen LogP) is 1.64. The van der Waals surface area contributed by atoms with Crippen LogP contribution >= 0.6 is 0 Å². The summed E-state index contributed by atoms with van der Waals surface area (Å²) in [5.41, 5.74) is -0.563. The van der Waals surface area contributed by atoms with E-state index in [1.165, 1.54) is 0 Å². The van der Waals surface area contributed by atoms with E-state index in [9.17, 15) is 14.4 Å². The molecular formula is C19H18N4O3. The molecule has 2 N–H and O–H groups in total. The summed E-state index contributed by atoms with van der Waals surface area (Å²) >= 11 is 0. The molecule has 2 aromatic carbocycles.